The minimum atomic E-state index is -1.66. The molecule has 0 saturated carbocycles. The summed E-state index contributed by atoms with van der Waals surface area (Å²) in [5.74, 6) is 0.0701. The quantitative estimate of drug-likeness (QED) is 0.0277. The van der Waals surface area contributed by atoms with Crippen LogP contribution in [0.3, 0.4) is 0 Å². The Kier molecular flexibility index (Phi) is 35.8. The van der Waals surface area contributed by atoms with Crippen LogP contribution in [0.15, 0.2) is 0 Å². The lowest BCUT2D eigenvalue weighted by Gasteiger charge is -2.40. The van der Waals surface area contributed by atoms with Crippen molar-refractivity contribution in [2.75, 3.05) is 13.2 Å². The number of ether oxygens (including phenoxy) is 2. The number of unbranched alkanes of at least 4 members (excludes halogenated alkanes) is 27. The van der Waals surface area contributed by atoms with E-state index in [4.69, 9.17) is 9.47 Å². The Morgan fingerprint density at radius 2 is 0.949 bits per heavy atom. The van der Waals surface area contributed by atoms with E-state index in [0.29, 0.717) is 19.3 Å². The van der Waals surface area contributed by atoms with E-state index in [0.717, 1.165) is 44.4 Å². The summed E-state index contributed by atoms with van der Waals surface area (Å²) in [5, 5.41) is 75.7. The van der Waals surface area contributed by atoms with Gasteiger partial charge in [-0.15, -0.1) is 0 Å². The Balaban J connectivity index is 2.37. The average molecular weight is 846 g/mol. The molecule has 352 valence electrons. The van der Waals surface area contributed by atoms with E-state index in [2.05, 4.69) is 26.1 Å². The van der Waals surface area contributed by atoms with Gasteiger partial charge in [-0.2, -0.15) is 0 Å². The Morgan fingerprint density at radius 3 is 1.36 bits per heavy atom. The molecular weight excluding hydrogens is 751 g/mol. The van der Waals surface area contributed by atoms with Crippen LogP contribution in [0.1, 0.15) is 226 Å². The second kappa shape index (κ2) is 37.6. The molecule has 1 aliphatic heterocycles. The van der Waals surface area contributed by atoms with E-state index in [1.54, 1.807) is 0 Å². The average Bonchev–Trinajstić information content (AvgIpc) is 3.22. The summed E-state index contributed by atoms with van der Waals surface area (Å²) in [6.07, 6.45) is 25.9. The molecule has 1 unspecified atom stereocenters. The number of carbonyl (C=O) groups excluding carboxylic acids is 1. The van der Waals surface area contributed by atoms with Gasteiger partial charge in [-0.3, -0.25) is 4.79 Å². The Hall–Kier alpha value is -0.890. The van der Waals surface area contributed by atoms with Crippen molar-refractivity contribution in [2.45, 2.75) is 281 Å². The summed E-state index contributed by atoms with van der Waals surface area (Å²) in [4.78, 5) is 13.1. The maximum Gasteiger partial charge on any atom is 0.249 e. The third kappa shape index (κ3) is 28.4. The van der Waals surface area contributed by atoms with E-state index in [1.807, 2.05) is 0 Å². The number of aliphatic hydroxyl groups excluding tert-OH is 7. The van der Waals surface area contributed by atoms with Gasteiger partial charge >= 0.3 is 0 Å². The van der Waals surface area contributed by atoms with Gasteiger partial charge in [0.15, 0.2) is 6.29 Å². The van der Waals surface area contributed by atoms with Gasteiger partial charge in [0, 0.05) is 0 Å². The molecule has 11 nitrogen and oxygen atoms in total. The first-order valence-corrected chi connectivity index (χ1v) is 24.8. The predicted octanol–water partition coefficient (Wildman–Crippen LogP) is 8.53. The molecule has 9 atom stereocenters. The van der Waals surface area contributed by atoms with Crippen molar-refractivity contribution in [2.24, 2.45) is 5.92 Å². The predicted molar refractivity (Wildman–Crippen MR) is 238 cm³/mol. The number of aliphatic hydroxyl groups is 7. The van der Waals surface area contributed by atoms with Crippen LogP contribution in [0.2, 0.25) is 0 Å². The van der Waals surface area contributed by atoms with Crippen molar-refractivity contribution >= 4 is 5.91 Å². The van der Waals surface area contributed by atoms with Crippen LogP contribution in [-0.4, -0.2) is 110 Å². The van der Waals surface area contributed by atoms with E-state index >= 15 is 0 Å². The highest BCUT2D eigenvalue weighted by Crippen LogP contribution is 2.23. The topological polar surface area (TPSA) is 189 Å². The van der Waals surface area contributed by atoms with Crippen LogP contribution in [0.5, 0.6) is 0 Å². The van der Waals surface area contributed by atoms with Gasteiger partial charge in [0.25, 0.3) is 0 Å². The normalized spacial score (nSPS) is 21.8. The molecule has 1 rings (SSSR count). The summed E-state index contributed by atoms with van der Waals surface area (Å²) < 4.78 is 11.1. The number of rotatable bonds is 41. The molecule has 1 heterocycles. The van der Waals surface area contributed by atoms with Crippen molar-refractivity contribution in [3.05, 3.63) is 0 Å². The fourth-order valence-electron chi connectivity index (χ4n) is 8.21. The lowest BCUT2D eigenvalue weighted by Crippen LogP contribution is -2.60. The molecule has 0 spiro atoms. The first kappa shape index (κ1) is 56.1. The molecule has 1 aliphatic rings. The molecule has 0 aliphatic carbocycles. The number of hydrogen-bond donors (Lipinski definition) is 8. The summed E-state index contributed by atoms with van der Waals surface area (Å²) >= 11 is 0. The third-order valence-electron chi connectivity index (χ3n) is 12.3. The lowest BCUT2D eigenvalue weighted by atomic mass is 9.98. The third-order valence-corrected chi connectivity index (χ3v) is 12.3. The highest BCUT2D eigenvalue weighted by Gasteiger charge is 2.44. The first-order valence-electron chi connectivity index (χ1n) is 24.8. The number of hydrogen-bond acceptors (Lipinski definition) is 10. The van der Waals surface area contributed by atoms with Crippen molar-refractivity contribution in [3.8, 4) is 0 Å². The van der Waals surface area contributed by atoms with Gasteiger partial charge < -0.3 is 50.5 Å². The number of amides is 1. The van der Waals surface area contributed by atoms with Gasteiger partial charge in [0.2, 0.25) is 5.91 Å². The fraction of sp³-hybridized carbons (Fsp3) is 0.979. The Bertz CT molecular complexity index is 941. The summed E-state index contributed by atoms with van der Waals surface area (Å²) in [6, 6.07) is -1.16. The molecular formula is C48H95NO10. The fourth-order valence-corrected chi connectivity index (χ4v) is 8.21. The molecule has 1 saturated heterocycles. The van der Waals surface area contributed by atoms with Crippen LogP contribution in [-0.2, 0) is 14.3 Å². The van der Waals surface area contributed by atoms with Gasteiger partial charge in [0.1, 0.15) is 36.6 Å². The first-order chi connectivity index (χ1) is 28.5. The minimum Gasteiger partial charge on any atom is -0.394 e. The summed E-state index contributed by atoms with van der Waals surface area (Å²) in [6.45, 7) is 5.75. The molecule has 0 aromatic carbocycles. The second-order valence-corrected chi connectivity index (χ2v) is 18.4. The zero-order valence-corrected chi connectivity index (χ0v) is 38.2. The largest absolute Gasteiger partial charge is 0.394 e. The van der Waals surface area contributed by atoms with Gasteiger partial charge in [-0.25, -0.2) is 0 Å². The standard InChI is InChI=1S/C48H95NO10/c1-4-5-6-7-8-9-10-11-12-13-14-15-16-17-18-19-22-26-29-32-35-41(52)47(57)49-39(37-58-48-46(56)45(55)44(54)42(36-50)59-48)43(53)40(51)34-31-28-25-23-20-21-24-27-30-33-38(2)3/h38-46,48,50-56H,4-37H2,1-3H3,(H,49,57)/t39-,40-,41?,42-,43+,44-,45+,46-,48+/m1/s1. The zero-order chi connectivity index (χ0) is 43.5. The summed E-state index contributed by atoms with van der Waals surface area (Å²) in [5.41, 5.74) is 0. The van der Waals surface area contributed by atoms with Gasteiger partial charge in [-0.1, -0.05) is 213 Å². The molecule has 11 heteroatoms. The molecule has 0 radical (unpaired) electrons. The molecule has 0 bridgehead atoms. The lowest BCUT2D eigenvalue weighted by molar-refractivity contribution is -0.303. The van der Waals surface area contributed by atoms with Crippen molar-refractivity contribution in [1.82, 2.24) is 5.32 Å². The van der Waals surface area contributed by atoms with Crippen LogP contribution >= 0.6 is 0 Å². The van der Waals surface area contributed by atoms with Crippen molar-refractivity contribution < 1.29 is 50.0 Å². The van der Waals surface area contributed by atoms with Crippen LogP contribution < -0.4 is 5.32 Å². The monoisotopic (exact) mass is 846 g/mol. The number of nitrogens with one attached hydrogen (secondary N) is 1. The molecule has 0 aromatic heterocycles. The highest BCUT2D eigenvalue weighted by atomic mass is 16.7. The van der Waals surface area contributed by atoms with Crippen LogP contribution in [0.4, 0.5) is 0 Å². The van der Waals surface area contributed by atoms with E-state index < -0.39 is 74.2 Å². The Morgan fingerprint density at radius 1 is 0.559 bits per heavy atom. The van der Waals surface area contributed by atoms with E-state index in [-0.39, 0.29) is 6.42 Å². The Labute approximate surface area is 360 Å². The maximum absolute atomic E-state index is 13.1. The van der Waals surface area contributed by atoms with Gasteiger partial charge in [0.05, 0.1) is 25.4 Å². The molecule has 8 N–H and O–H groups in total. The summed E-state index contributed by atoms with van der Waals surface area (Å²) in [7, 11) is 0. The van der Waals surface area contributed by atoms with E-state index in [9.17, 15) is 40.5 Å². The minimum absolute atomic E-state index is 0.266. The smallest absolute Gasteiger partial charge is 0.249 e. The van der Waals surface area contributed by atoms with E-state index in [1.165, 1.54) is 141 Å². The van der Waals surface area contributed by atoms with Crippen LogP contribution in [0, 0.1) is 5.92 Å². The maximum atomic E-state index is 13.1. The van der Waals surface area contributed by atoms with Crippen molar-refractivity contribution in [1.29, 1.82) is 0 Å². The van der Waals surface area contributed by atoms with Crippen LogP contribution in [0.25, 0.3) is 0 Å². The highest BCUT2D eigenvalue weighted by molar-refractivity contribution is 5.80. The molecule has 1 fully saturated rings. The molecule has 59 heavy (non-hydrogen) atoms. The second-order valence-electron chi connectivity index (χ2n) is 18.4. The van der Waals surface area contributed by atoms with Gasteiger partial charge in [-0.05, 0) is 18.8 Å². The SMILES string of the molecule is CCCCCCCCCCCCCCCCCCCCCCC(O)C(=O)N[C@H](CO[C@H]1O[C@H](CO)[C@@H](O)[C@H](O)[C@H]1O)[C@H](O)[C@H](O)CCCCCCCCCCCC(C)C. The van der Waals surface area contributed by atoms with Crippen molar-refractivity contribution in [3.63, 3.8) is 0 Å². The molecule has 1 amide bonds. The molecule has 0 aromatic rings. The zero-order valence-electron chi connectivity index (χ0n) is 38.2. The number of carbonyl (C=O) groups is 1.